The number of nitrogen functional groups attached to an aromatic ring is 1. The van der Waals surface area contributed by atoms with E-state index < -0.39 is 0 Å². The summed E-state index contributed by atoms with van der Waals surface area (Å²) in [7, 11) is -0.362. The van der Waals surface area contributed by atoms with E-state index in [1.807, 2.05) is 36.4 Å². The molecule has 0 bridgehead atoms. The molecule has 0 aromatic heterocycles. The summed E-state index contributed by atoms with van der Waals surface area (Å²) in [5.74, 6) is 0. The highest BCUT2D eigenvalue weighted by Gasteiger charge is 2.52. The zero-order valence-corrected chi connectivity index (χ0v) is 13.6. The number of hydrogen-bond acceptors (Lipinski definition) is 3. The minimum atomic E-state index is -0.362. The highest BCUT2D eigenvalue weighted by Crippen LogP contribution is 2.37. The van der Waals surface area contributed by atoms with Crippen molar-refractivity contribution in [2.45, 2.75) is 38.9 Å². The van der Waals surface area contributed by atoms with Gasteiger partial charge in [-0.15, -0.1) is 0 Å². The molecule has 2 aromatic rings. The maximum atomic E-state index is 6.19. The van der Waals surface area contributed by atoms with Crippen LogP contribution in [-0.2, 0) is 9.31 Å². The SMILES string of the molecule is CC1(C)OB(c2ccccc2-c2ccc(N)cc2)OC1(C)C. The lowest BCUT2D eigenvalue weighted by Crippen LogP contribution is -2.41. The highest BCUT2D eigenvalue weighted by atomic mass is 16.7. The second-order valence-electron chi connectivity index (χ2n) is 6.80. The molecule has 0 unspecified atom stereocenters. The fourth-order valence-corrected chi connectivity index (χ4v) is 2.60. The first-order valence-corrected chi connectivity index (χ1v) is 7.61. The minimum Gasteiger partial charge on any atom is -0.399 e. The first-order valence-electron chi connectivity index (χ1n) is 7.61. The molecule has 1 fully saturated rings. The van der Waals surface area contributed by atoms with Gasteiger partial charge in [-0.05, 0) is 56.4 Å². The van der Waals surface area contributed by atoms with Crippen molar-refractivity contribution in [3.8, 4) is 11.1 Å². The molecular weight excluding hydrogens is 273 g/mol. The zero-order chi connectivity index (χ0) is 16.0. The summed E-state index contributed by atoms with van der Waals surface area (Å²) in [4.78, 5) is 0. The van der Waals surface area contributed by atoms with Crippen molar-refractivity contribution < 1.29 is 9.31 Å². The molecule has 1 aliphatic rings. The molecule has 0 saturated carbocycles. The first-order chi connectivity index (χ1) is 10.3. The van der Waals surface area contributed by atoms with Gasteiger partial charge in [0.15, 0.2) is 0 Å². The zero-order valence-electron chi connectivity index (χ0n) is 13.6. The van der Waals surface area contributed by atoms with Gasteiger partial charge in [-0.1, -0.05) is 36.4 Å². The third kappa shape index (κ3) is 2.53. The summed E-state index contributed by atoms with van der Waals surface area (Å²) in [6.07, 6.45) is 0. The molecule has 0 spiro atoms. The van der Waals surface area contributed by atoms with Gasteiger partial charge in [-0.3, -0.25) is 0 Å². The Morgan fingerprint density at radius 1 is 0.818 bits per heavy atom. The van der Waals surface area contributed by atoms with Crippen molar-refractivity contribution in [3.63, 3.8) is 0 Å². The second-order valence-corrected chi connectivity index (χ2v) is 6.80. The Morgan fingerprint density at radius 3 is 1.95 bits per heavy atom. The maximum absolute atomic E-state index is 6.19. The van der Waals surface area contributed by atoms with Crippen LogP contribution in [0.3, 0.4) is 0 Å². The topological polar surface area (TPSA) is 44.5 Å². The molecule has 1 heterocycles. The van der Waals surface area contributed by atoms with Gasteiger partial charge in [0.1, 0.15) is 0 Å². The Bertz CT molecular complexity index is 664. The van der Waals surface area contributed by atoms with Gasteiger partial charge in [0.25, 0.3) is 0 Å². The molecule has 0 radical (unpaired) electrons. The van der Waals surface area contributed by atoms with E-state index in [1.165, 1.54) is 0 Å². The molecular formula is C18H22BNO2. The summed E-state index contributed by atoms with van der Waals surface area (Å²) in [5.41, 5.74) is 9.13. The molecule has 1 aliphatic heterocycles. The third-order valence-corrected chi connectivity index (χ3v) is 4.69. The van der Waals surface area contributed by atoms with E-state index in [0.29, 0.717) is 0 Å². The Hall–Kier alpha value is -1.78. The highest BCUT2D eigenvalue weighted by molar-refractivity contribution is 6.63. The number of rotatable bonds is 2. The third-order valence-electron chi connectivity index (χ3n) is 4.69. The molecule has 22 heavy (non-hydrogen) atoms. The van der Waals surface area contributed by atoms with Gasteiger partial charge in [0.2, 0.25) is 0 Å². The van der Waals surface area contributed by atoms with E-state index in [4.69, 9.17) is 15.0 Å². The second kappa shape index (κ2) is 5.15. The van der Waals surface area contributed by atoms with Crippen LogP contribution in [0.5, 0.6) is 0 Å². The molecule has 4 heteroatoms. The maximum Gasteiger partial charge on any atom is 0.495 e. The number of anilines is 1. The average molecular weight is 295 g/mol. The molecule has 114 valence electrons. The van der Waals surface area contributed by atoms with E-state index >= 15 is 0 Å². The normalized spacial score (nSPS) is 19.4. The minimum absolute atomic E-state index is 0.341. The monoisotopic (exact) mass is 295 g/mol. The van der Waals surface area contributed by atoms with Gasteiger partial charge in [0.05, 0.1) is 11.2 Å². The summed E-state index contributed by atoms with van der Waals surface area (Å²) < 4.78 is 12.4. The van der Waals surface area contributed by atoms with Crippen molar-refractivity contribution >= 4 is 18.3 Å². The smallest absolute Gasteiger partial charge is 0.399 e. The number of hydrogen-bond donors (Lipinski definition) is 1. The van der Waals surface area contributed by atoms with Gasteiger partial charge in [-0.25, -0.2) is 0 Å². The Balaban J connectivity index is 2.01. The molecule has 3 nitrogen and oxygen atoms in total. The van der Waals surface area contributed by atoms with Crippen LogP contribution in [0.15, 0.2) is 48.5 Å². The molecule has 3 rings (SSSR count). The molecule has 2 aromatic carbocycles. The predicted molar refractivity (Wildman–Crippen MR) is 92.0 cm³/mol. The van der Waals surface area contributed by atoms with Gasteiger partial charge < -0.3 is 15.0 Å². The molecule has 0 atom stereocenters. The van der Waals surface area contributed by atoms with Crippen molar-refractivity contribution in [2.24, 2.45) is 0 Å². The predicted octanol–water partition coefficient (Wildman–Crippen LogP) is 3.24. The number of benzene rings is 2. The van der Waals surface area contributed by atoms with Crippen molar-refractivity contribution in [1.29, 1.82) is 0 Å². The fourth-order valence-electron chi connectivity index (χ4n) is 2.60. The van der Waals surface area contributed by atoms with Gasteiger partial charge in [0, 0.05) is 5.69 Å². The molecule has 1 saturated heterocycles. The molecule has 2 N–H and O–H groups in total. The van der Waals surface area contributed by atoms with E-state index in [1.54, 1.807) is 0 Å². The largest absolute Gasteiger partial charge is 0.495 e. The van der Waals surface area contributed by atoms with Crippen LogP contribution < -0.4 is 11.2 Å². The van der Waals surface area contributed by atoms with Crippen LogP contribution in [0.25, 0.3) is 11.1 Å². The fraction of sp³-hybridized carbons (Fsp3) is 0.333. The van der Waals surface area contributed by atoms with E-state index in [0.717, 1.165) is 22.3 Å². The van der Waals surface area contributed by atoms with E-state index in [-0.39, 0.29) is 18.3 Å². The summed E-state index contributed by atoms with van der Waals surface area (Å²) in [6, 6.07) is 16.1. The van der Waals surface area contributed by atoms with Crippen LogP contribution >= 0.6 is 0 Å². The summed E-state index contributed by atoms with van der Waals surface area (Å²) in [5, 5.41) is 0. The van der Waals surface area contributed by atoms with Crippen molar-refractivity contribution in [2.75, 3.05) is 5.73 Å². The Kier molecular flexibility index (Phi) is 3.54. The number of nitrogens with two attached hydrogens (primary N) is 1. The van der Waals surface area contributed by atoms with Crippen LogP contribution in [0.2, 0.25) is 0 Å². The van der Waals surface area contributed by atoms with E-state index in [9.17, 15) is 0 Å². The Labute approximate surface area is 132 Å². The lowest BCUT2D eigenvalue weighted by molar-refractivity contribution is 0.00578. The van der Waals surface area contributed by atoms with Crippen LogP contribution in [0, 0.1) is 0 Å². The Morgan fingerprint density at radius 2 is 1.36 bits per heavy atom. The lowest BCUT2D eigenvalue weighted by atomic mass is 9.74. The summed E-state index contributed by atoms with van der Waals surface area (Å²) >= 11 is 0. The first kappa shape index (κ1) is 15.1. The average Bonchev–Trinajstić information content (AvgIpc) is 2.68. The lowest BCUT2D eigenvalue weighted by Gasteiger charge is -2.32. The molecule has 0 aliphatic carbocycles. The summed E-state index contributed by atoms with van der Waals surface area (Å²) in [6.45, 7) is 8.27. The van der Waals surface area contributed by atoms with Crippen LogP contribution in [0.4, 0.5) is 5.69 Å². The molecule has 0 amide bonds. The van der Waals surface area contributed by atoms with Gasteiger partial charge in [-0.2, -0.15) is 0 Å². The van der Waals surface area contributed by atoms with Crippen LogP contribution in [-0.4, -0.2) is 18.3 Å². The quantitative estimate of drug-likeness (QED) is 0.683. The van der Waals surface area contributed by atoms with Crippen molar-refractivity contribution in [3.05, 3.63) is 48.5 Å². The van der Waals surface area contributed by atoms with Crippen molar-refractivity contribution in [1.82, 2.24) is 0 Å². The van der Waals surface area contributed by atoms with E-state index in [2.05, 4.69) is 39.8 Å². The standard InChI is InChI=1S/C18H22BNO2/c1-17(2)18(3,4)22-19(21-17)16-8-6-5-7-15(16)13-9-11-14(20)12-10-13/h5-12H,20H2,1-4H3. The van der Waals surface area contributed by atoms with Crippen LogP contribution in [0.1, 0.15) is 27.7 Å². The van der Waals surface area contributed by atoms with Gasteiger partial charge >= 0.3 is 7.12 Å².